The molecule has 9 heteroatoms. The second kappa shape index (κ2) is 20.7. The molecule has 0 amide bonds. The van der Waals surface area contributed by atoms with Gasteiger partial charge in [-0.15, -0.1) is 0 Å². The smallest absolute Gasteiger partial charge is 0.134 e. The second-order valence-corrected chi connectivity index (χ2v) is 13.3. The van der Waals surface area contributed by atoms with Crippen LogP contribution in [0, 0.1) is 5.92 Å². The number of ether oxygens (including phenoxy) is 6. The number of hydrogen-bond acceptors (Lipinski definition) is 6. The summed E-state index contributed by atoms with van der Waals surface area (Å²) in [4.78, 5) is 0. The Balaban J connectivity index is 4.17. The van der Waals surface area contributed by atoms with Crippen LogP contribution in [0.1, 0.15) is 38.5 Å². The third-order valence-electron chi connectivity index (χ3n) is 5.48. The van der Waals surface area contributed by atoms with Crippen LogP contribution in [-0.4, -0.2) is 89.0 Å². The molecule has 0 rings (SSSR count). The fourth-order valence-electron chi connectivity index (χ4n) is 3.66. The van der Waals surface area contributed by atoms with Crippen molar-refractivity contribution < 1.29 is 28.4 Å². The van der Waals surface area contributed by atoms with Crippen molar-refractivity contribution in [2.45, 2.75) is 74.4 Å². The summed E-state index contributed by atoms with van der Waals surface area (Å²) in [7, 11) is 9.60. The lowest BCUT2D eigenvalue weighted by Crippen LogP contribution is -2.22. The van der Waals surface area contributed by atoms with Crippen LogP contribution in [0.4, 0.5) is 0 Å². The molecule has 0 saturated heterocycles. The van der Waals surface area contributed by atoms with Crippen molar-refractivity contribution in [1.29, 1.82) is 0 Å². The zero-order chi connectivity index (χ0) is 21.0. The average molecular weight is 455 g/mol. The summed E-state index contributed by atoms with van der Waals surface area (Å²) in [6, 6.07) is 3.91. The molecule has 0 spiro atoms. The van der Waals surface area contributed by atoms with Crippen LogP contribution in [-0.2, 0) is 28.4 Å². The van der Waals surface area contributed by atoms with Gasteiger partial charge in [-0.1, -0.05) is 56.7 Å². The molecule has 0 aromatic rings. The van der Waals surface area contributed by atoms with E-state index in [-0.39, 0.29) is 46.3 Å². The maximum absolute atomic E-state index is 5.35. The molecule has 0 aromatic heterocycles. The molecule has 0 aliphatic rings. The van der Waals surface area contributed by atoms with Crippen molar-refractivity contribution in [3.05, 3.63) is 0 Å². The van der Waals surface area contributed by atoms with Gasteiger partial charge in [-0.3, -0.25) is 0 Å². The zero-order valence-electron chi connectivity index (χ0n) is 19.2. The molecule has 0 heterocycles. The van der Waals surface area contributed by atoms with Crippen LogP contribution in [0.25, 0.3) is 0 Å². The highest BCUT2D eigenvalue weighted by Crippen LogP contribution is 2.23. The second-order valence-electron chi connectivity index (χ2n) is 7.42. The predicted octanol–water partition coefficient (Wildman–Crippen LogP) is 1.43. The molecule has 0 unspecified atom stereocenters. The van der Waals surface area contributed by atoms with Gasteiger partial charge in [0.15, 0.2) is 0 Å². The standard InChI is InChI=1S/C19H46O6Si3/c1-20-17(21-2)26-13-7-10-16(11-8-14-27-18(22-3)23-4)12-9-15-28-19(24-5)25-6/h16-19H,7-15,26-28H2,1-6H3. The molecule has 0 N–H and O–H groups in total. The van der Waals surface area contributed by atoms with Gasteiger partial charge in [0.05, 0.1) is 28.6 Å². The summed E-state index contributed by atoms with van der Waals surface area (Å²) in [5.41, 5.74) is 0. The normalized spacial score (nSPS) is 14.5. The Kier molecular flexibility index (Phi) is 21.0. The van der Waals surface area contributed by atoms with Crippen LogP contribution in [0.5, 0.6) is 0 Å². The first-order valence-electron chi connectivity index (χ1n) is 10.8. The third kappa shape index (κ3) is 15.3. The van der Waals surface area contributed by atoms with Gasteiger partial charge < -0.3 is 28.4 Å². The van der Waals surface area contributed by atoms with Gasteiger partial charge in [0, 0.05) is 42.7 Å². The Morgan fingerprint density at radius 3 is 0.929 bits per heavy atom. The molecule has 0 radical (unpaired) electrons. The van der Waals surface area contributed by atoms with Gasteiger partial charge in [-0.2, -0.15) is 0 Å². The number of hydrogen-bond donors (Lipinski definition) is 0. The Morgan fingerprint density at radius 2 is 0.714 bits per heavy atom. The molecule has 0 atom stereocenters. The van der Waals surface area contributed by atoms with E-state index in [1.165, 1.54) is 56.7 Å². The lowest BCUT2D eigenvalue weighted by Gasteiger charge is -2.19. The average Bonchev–Trinajstić information content (AvgIpc) is 2.73. The Hall–Kier alpha value is 0.411. The molecular weight excluding hydrogens is 408 g/mol. The van der Waals surface area contributed by atoms with Gasteiger partial charge >= 0.3 is 0 Å². The van der Waals surface area contributed by atoms with E-state index in [1.807, 2.05) is 0 Å². The van der Waals surface area contributed by atoms with E-state index in [1.54, 1.807) is 42.7 Å². The molecule has 170 valence electrons. The molecular formula is C19H46O6Si3. The van der Waals surface area contributed by atoms with Gasteiger partial charge in [-0.25, -0.2) is 0 Å². The summed E-state index contributed by atoms with van der Waals surface area (Å²) in [6.45, 7) is 0. The summed E-state index contributed by atoms with van der Waals surface area (Å²) < 4.78 is 32.1. The molecule has 0 bridgehead atoms. The van der Waals surface area contributed by atoms with Gasteiger partial charge in [-0.05, 0) is 5.92 Å². The zero-order valence-corrected chi connectivity index (χ0v) is 23.5. The molecule has 0 aliphatic carbocycles. The highest BCUT2D eigenvalue weighted by atomic mass is 28.2. The predicted molar refractivity (Wildman–Crippen MR) is 125 cm³/mol. The van der Waals surface area contributed by atoms with E-state index in [2.05, 4.69) is 0 Å². The van der Waals surface area contributed by atoms with E-state index in [9.17, 15) is 0 Å². The molecule has 6 nitrogen and oxygen atoms in total. The largest absolute Gasteiger partial charge is 0.360 e. The minimum absolute atomic E-state index is 0.0792. The van der Waals surface area contributed by atoms with Crippen molar-refractivity contribution in [3.63, 3.8) is 0 Å². The topological polar surface area (TPSA) is 55.4 Å². The van der Waals surface area contributed by atoms with E-state index in [0.29, 0.717) is 0 Å². The van der Waals surface area contributed by atoms with Crippen molar-refractivity contribution in [1.82, 2.24) is 0 Å². The summed E-state index contributed by atoms with van der Waals surface area (Å²) in [5.74, 6) is 1.08. The van der Waals surface area contributed by atoms with Crippen molar-refractivity contribution >= 4 is 28.6 Å². The van der Waals surface area contributed by atoms with Crippen LogP contribution in [0.15, 0.2) is 0 Å². The lowest BCUT2D eigenvalue weighted by molar-refractivity contribution is -0.0442. The molecule has 0 fully saturated rings. The minimum atomic E-state index is -0.296. The lowest BCUT2D eigenvalue weighted by atomic mass is 9.94. The van der Waals surface area contributed by atoms with Gasteiger partial charge in [0.25, 0.3) is 0 Å². The van der Waals surface area contributed by atoms with Crippen LogP contribution < -0.4 is 0 Å². The quantitative estimate of drug-likeness (QED) is 0.149. The fraction of sp³-hybridized carbons (Fsp3) is 1.00. The Morgan fingerprint density at radius 1 is 0.464 bits per heavy atom. The van der Waals surface area contributed by atoms with E-state index in [0.717, 1.165) is 5.92 Å². The number of methoxy groups -OCH3 is 6. The number of rotatable bonds is 21. The molecule has 0 aliphatic heterocycles. The van der Waals surface area contributed by atoms with Crippen LogP contribution >= 0.6 is 0 Å². The highest BCUT2D eigenvalue weighted by Gasteiger charge is 2.13. The van der Waals surface area contributed by atoms with Crippen LogP contribution in [0.2, 0.25) is 18.1 Å². The monoisotopic (exact) mass is 454 g/mol. The maximum atomic E-state index is 5.35. The van der Waals surface area contributed by atoms with Crippen molar-refractivity contribution in [3.8, 4) is 0 Å². The molecule has 28 heavy (non-hydrogen) atoms. The van der Waals surface area contributed by atoms with E-state index in [4.69, 9.17) is 28.4 Å². The van der Waals surface area contributed by atoms with Crippen molar-refractivity contribution in [2.24, 2.45) is 5.92 Å². The highest BCUT2D eigenvalue weighted by molar-refractivity contribution is 6.37. The SMILES string of the molecule is COC(OC)[SiH2]CCCC(CCC[SiH2]C(OC)OC)CCC[SiH2]C(OC)OC. The van der Waals surface area contributed by atoms with E-state index < -0.39 is 0 Å². The summed E-state index contributed by atoms with van der Waals surface area (Å²) >= 11 is 0. The molecule has 0 saturated carbocycles. The van der Waals surface area contributed by atoms with E-state index >= 15 is 0 Å². The Bertz CT molecular complexity index is 268. The van der Waals surface area contributed by atoms with Crippen LogP contribution in [0.3, 0.4) is 0 Å². The first-order chi connectivity index (χ1) is 13.6. The van der Waals surface area contributed by atoms with Crippen molar-refractivity contribution in [2.75, 3.05) is 42.7 Å². The first-order valence-corrected chi connectivity index (χ1v) is 16.3. The fourth-order valence-corrected chi connectivity index (χ4v) is 7.81. The third-order valence-corrected chi connectivity index (χ3v) is 11.6. The Labute approximate surface area is 180 Å². The summed E-state index contributed by atoms with van der Waals surface area (Å²) in [6.07, 6.45) is 7.95. The first kappa shape index (κ1) is 28.4. The minimum Gasteiger partial charge on any atom is -0.360 e. The van der Waals surface area contributed by atoms with Gasteiger partial charge in [0.2, 0.25) is 0 Å². The maximum Gasteiger partial charge on any atom is 0.134 e. The molecule has 0 aromatic carbocycles. The van der Waals surface area contributed by atoms with Gasteiger partial charge in [0.1, 0.15) is 17.7 Å². The summed E-state index contributed by atoms with van der Waals surface area (Å²) in [5, 5.41) is 0.